The largest absolute Gasteiger partial charge is 0.358 e. The van der Waals surface area contributed by atoms with Gasteiger partial charge in [-0.05, 0) is 18.1 Å². The molecule has 2 amide bonds. The summed E-state index contributed by atoms with van der Waals surface area (Å²) < 4.78 is 0. The number of carbonyl (C=O) groups excluding carboxylic acids is 2. The molecule has 2 heterocycles. The zero-order valence-electron chi connectivity index (χ0n) is 12.4. The summed E-state index contributed by atoms with van der Waals surface area (Å²) >= 11 is 0. The second kappa shape index (κ2) is 7.73. The van der Waals surface area contributed by atoms with Crippen molar-refractivity contribution >= 4 is 11.8 Å². The van der Waals surface area contributed by atoms with Gasteiger partial charge < -0.3 is 10.2 Å². The Morgan fingerprint density at radius 1 is 1.29 bits per heavy atom. The number of nitrogens with zero attached hydrogens (tertiary/aromatic N) is 3. The first-order valence-electron chi connectivity index (χ1n) is 7.28. The van der Waals surface area contributed by atoms with Gasteiger partial charge in [0.1, 0.15) is 0 Å². The molecule has 1 saturated heterocycles. The molecule has 114 valence electrons. The quantitative estimate of drug-likeness (QED) is 0.823. The van der Waals surface area contributed by atoms with E-state index in [9.17, 15) is 9.59 Å². The van der Waals surface area contributed by atoms with Crippen molar-refractivity contribution in [2.24, 2.45) is 0 Å². The Kier molecular flexibility index (Phi) is 5.68. The van der Waals surface area contributed by atoms with Crippen LogP contribution in [0.2, 0.25) is 0 Å². The molecule has 0 radical (unpaired) electrons. The average molecular weight is 290 g/mol. The Balaban J connectivity index is 1.72. The van der Waals surface area contributed by atoms with Gasteiger partial charge in [-0.15, -0.1) is 0 Å². The summed E-state index contributed by atoms with van der Waals surface area (Å²) in [5.41, 5.74) is 1.09. The van der Waals surface area contributed by atoms with Crippen LogP contribution in [0.5, 0.6) is 0 Å². The number of nitrogens with one attached hydrogen (secondary N) is 1. The fraction of sp³-hybridized carbons (Fsp3) is 0.533. The van der Waals surface area contributed by atoms with Crippen molar-refractivity contribution in [2.75, 3.05) is 39.8 Å². The van der Waals surface area contributed by atoms with Crippen LogP contribution in [0.15, 0.2) is 24.5 Å². The van der Waals surface area contributed by atoms with E-state index in [-0.39, 0.29) is 11.8 Å². The molecule has 1 N–H and O–H groups in total. The zero-order valence-corrected chi connectivity index (χ0v) is 12.4. The van der Waals surface area contributed by atoms with Crippen molar-refractivity contribution in [1.82, 2.24) is 20.1 Å². The van der Waals surface area contributed by atoms with Crippen molar-refractivity contribution < 1.29 is 9.59 Å². The summed E-state index contributed by atoms with van der Waals surface area (Å²) in [6.45, 7) is 3.32. The van der Waals surface area contributed by atoms with Crippen molar-refractivity contribution in [2.45, 2.75) is 12.8 Å². The molecule has 2 rings (SSSR count). The van der Waals surface area contributed by atoms with Crippen LogP contribution in [0.1, 0.15) is 12.0 Å². The molecule has 0 aliphatic carbocycles. The maximum absolute atomic E-state index is 12.2. The van der Waals surface area contributed by atoms with Gasteiger partial charge in [0.15, 0.2) is 0 Å². The van der Waals surface area contributed by atoms with Gasteiger partial charge >= 0.3 is 0 Å². The van der Waals surface area contributed by atoms with Gasteiger partial charge in [-0.1, -0.05) is 6.07 Å². The number of likely N-dealkylation sites (N-methyl/N-ethyl adjacent to an activating group) is 1. The number of hydrogen-bond donors (Lipinski definition) is 1. The van der Waals surface area contributed by atoms with E-state index in [1.165, 1.54) is 0 Å². The number of aryl methyl sites for hydroxylation is 1. The number of amides is 2. The van der Waals surface area contributed by atoms with Crippen LogP contribution in [0.4, 0.5) is 0 Å². The number of hydrogen-bond acceptors (Lipinski definition) is 4. The fourth-order valence-electron chi connectivity index (χ4n) is 2.39. The Bertz CT molecular complexity index is 470. The lowest BCUT2D eigenvalue weighted by Crippen LogP contribution is -2.50. The third kappa shape index (κ3) is 4.82. The van der Waals surface area contributed by atoms with Crippen molar-refractivity contribution in [3.63, 3.8) is 0 Å². The molecule has 1 aliphatic rings. The summed E-state index contributed by atoms with van der Waals surface area (Å²) in [5, 5.41) is 2.62. The smallest absolute Gasteiger partial charge is 0.233 e. The molecule has 0 bridgehead atoms. The van der Waals surface area contributed by atoms with Crippen LogP contribution in [0.3, 0.4) is 0 Å². The third-order valence-corrected chi connectivity index (χ3v) is 3.72. The summed E-state index contributed by atoms with van der Waals surface area (Å²) in [6.07, 6.45) is 4.78. The first kappa shape index (κ1) is 15.4. The molecule has 0 atom stereocenters. The molecule has 1 aliphatic heterocycles. The van der Waals surface area contributed by atoms with Crippen molar-refractivity contribution in [3.05, 3.63) is 30.1 Å². The van der Waals surface area contributed by atoms with E-state index in [4.69, 9.17) is 0 Å². The molecule has 1 fully saturated rings. The Morgan fingerprint density at radius 3 is 2.67 bits per heavy atom. The van der Waals surface area contributed by atoms with Crippen molar-refractivity contribution in [1.29, 1.82) is 0 Å². The van der Waals surface area contributed by atoms with Gasteiger partial charge in [0, 0.05) is 52.0 Å². The Labute approximate surface area is 125 Å². The normalized spacial score (nSPS) is 15.8. The summed E-state index contributed by atoms with van der Waals surface area (Å²) in [5.74, 6) is 0.199. The number of aromatic nitrogens is 1. The maximum atomic E-state index is 12.2. The summed E-state index contributed by atoms with van der Waals surface area (Å²) in [6, 6.07) is 3.87. The molecule has 1 aromatic rings. The molecule has 0 saturated carbocycles. The highest BCUT2D eigenvalue weighted by atomic mass is 16.2. The van der Waals surface area contributed by atoms with Crippen LogP contribution >= 0.6 is 0 Å². The molecule has 0 spiro atoms. The molecule has 0 unspecified atom stereocenters. The second-order valence-corrected chi connectivity index (χ2v) is 5.19. The van der Waals surface area contributed by atoms with Gasteiger partial charge in [-0.25, -0.2) is 0 Å². The molecular weight excluding hydrogens is 268 g/mol. The Hall–Kier alpha value is -1.95. The van der Waals surface area contributed by atoms with E-state index in [1.807, 2.05) is 17.0 Å². The maximum Gasteiger partial charge on any atom is 0.233 e. The topological polar surface area (TPSA) is 65.5 Å². The predicted molar refractivity (Wildman–Crippen MR) is 79.6 cm³/mol. The highest BCUT2D eigenvalue weighted by Gasteiger charge is 2.21. The van der Waals surface area contributed by atoms with Crippen LogP contribution < -0.4 is 5.32 Å². The standard InChI is InChI=1S/C15H22N4O2/c1-16-14(20)12-18-7-9-19(10-8-18)15(21)5-4-13-3-2-6-17-11-13/h2-3,6,11H,4-5,7-10,12H2,1H3,(H,16,20). The van der Waals surface area contributed by atoms with E-state index in [1.54, 1.807) is 19.4 Å². The third-order valence-electron chi connectivity index (χ3n) is 3.72. The van der Waals surface area contributed by atoms with Gasteiger partial charge in [-0.2, -0.15) is 0 Å². The number of piperazine rings is 1. The minimum absolute atomic E-state index is 0.0198. The van der Waals surface area contributed by atoms with E-state index in [0.29, 0.717) is 26.1 Å². The number of pyridine rings is 1. The summed E-state index contributed by atoms with van der Waals surface area (Å²) in [4.78, 5) is 31.5. The first-order valence-corrected chi connectivity index (χ1v) is 7.28. The monoisotopic (exact) mass is 290 g/mol. The molecule has 6 heteroatoms. The van der Waals surface area contributed by atoms with Crippen molar-refractivity contribution in [3.8, 4) is 0 Å². The average Bonchev–Trinajstić information content (AvgIpc) is 2.54. The lowest BCUT2D eigenvalue weighted by atomic mass is 10.1. The molecule has 1 aromatic heterocycles. The lowest BCUT2D eigenvalue weighted by molar-refractivity contribution is -0.133. The second-order valence-electron chi connectivity index (χ2n) is 5.19. The number of rotatable bonds is 5. The Morgan fingerprint density at radius 2 is 2.05 bits per heavy atom. The van der Waals surface area contributed by atoms with Gasteiger partial charge in [-0.3, -0.25) is 19.5 Å². The van der Waals surface area contributed by atoms with E-state index in [2.05, 4.69) is 15.2 Å². The van der Waals surface area contributed by atoms with E-state index in [0.717, 1.165) is 25.1 Å². The fourth-order valence-corrected chi connectivity index (χ4v) is 2.39. The minimum atomic E-state index is 0.0198. The van der Waals surface area contributed by atoms with E-state index >= 15 is 0 Å². The minimum Gasteiger partial charge on any atom is -0.358 e. The van der Waals surface area contributed by atoms with Crippen LogP contribution in [0, 0.1) is 0 Å². The highest BCUT2D eigenvalue weighted by molar-refractivity contribution is 5.78. The SMILES string of the molecule is CNC(=O)CN1CCN(C(=O)CCc2cccnc2)CC1. The van der Waals surface area contributed by atoms with E-state index < -0.39 is 0 Å². The lowest BCUT2D eigenvalue weighted by Gasteiger charge is -2.34. The molecule has 21 heavy (non-hydrogen) atoms. The van der Waals surface area contributed by atoms with Gasteiger partial charge in [0.2, 0.25) is 11.8 Å². The van der Waals surface area contributed by atoms with Crippen LogP contribution in [0.25, 0.3) is 0 Å². The van der Waals surface area contributed by atoms with Crippen LogP contribution in [-0.2, 0) is 16.0 Å². The number of carbonyl (C=O) groups is 2. The van der Waals surface area contributed by atoms with Gasteiger partial charge in [0.05, 0.1) is 6.54 Å². The highest BCUT2D eigenvalue weighted by Crippen LogP contribution is 2.07. The van der Waals surface area contributed by atoms with Crippen LogP contribution in [-0.4, -0.2) is 66.4 Å². The zero-order chi connectivity index (χ0) is 15.1. The van der Waals surface area contributed by atoms with Gasteiger partial charge in [0.25, 0.3) is 0 Å². The first-order chi connectivity index (χ1) is 10.2. The molecule has 0 aromatic carbocycles. The summed E-state index contributed by atoms with van der Waals surface area (Å²) in [7, 11) is 1.64. The molecule has 6 nitrogen and oxygen atoms in total. The predicted octanol–water partition coefficient (Wildman–Crippen LogP) is -0.0956. The molecular formula is C15H22N4O2.